The highest BCUT2D eigenvalue weighted by atomic mass is 127. The molecule has 0 radical (unpaired) electrons. The van der Waals surface area contributed by atoms with Gasteiger partial charge in [-0.05, 0) is 62.7 Å². The number of halogens is 4. The van der Waals surface area contributed by atoms with E-state index in [0.29, 0.717) is 5.75 Å². The van der Waals surface area contributed by atoms with Crippen LogP contribution in [-0.2, 0) is 12.7 Å². The predicted molar refractivity (Wildman–Crippen MR) is 131 cm³/mol. The van der Waals surface area contributed by atoms with Gasteiger partial charge in [0.05, 0.1) is 18.1 Å². The van der Waals surface area contributed by atoms with Crippen LogP contribution >= 0.6 is 24.0 Å². The van der Waals surface area contributed by atoms with Crippen LogP contribution in [0.2, 0.25) is 0 Å². The molecule has 34 heavy (non-hydrogen) atoms. The lowest BCUT2D eigenvalue weighted by Crippen LogP contribution is -2.36. The van der Waals surface area contributed by atoms with Crippen LogP contribution in [0.3, 0.4) is 0 Å². The highest BCUT2D eigenvalue weighted by Gasteiger charge is 2.41. The van der Waals surface area contributed by atoms with Crippen molar-refractivity contribution in [3.8, 4) is 23.0 Å². The molecule has 4 rings (SSSR count). The lowest BCUT2D eigenvalue weighted by atomic mass is 10.0. The quantitative estimate of drug-likeness (QED) is 0.351. The number of fused-ring (bicyclic) bond motifs is 1. The zero-order chi connectivity index (χ0) is 23.8. The zero-order valence-electron chi connectivity index (χ0n) is 18.6. The first kappa shape index (κ1) is 26.1. The summed E-state index contributed by atoms with van der Waals surface area (Å²) in [6.45, 7) is 2.94. The Morgan fingerprint density at radius 2 is 1.79 bits per heavy atom. The molecule has 1 saturated heterocycles. The molecule has 0 spiro atoms. The first-order chi connectivity index (χ1) is 15.7. The minimum absolute atomic E-state index is 0. The third kappa shape index (κ3) is 5.27. The molecular weight excluding hydrogens is 566 g/mol. The van der Waals surface area contributed by atoms with Gasteiger partial charge in [0.2, 0.25) is 11.2 Å². The van der Waals surface area contributed by atoms with Crippen molar-refractivity contribution in [2.75, 3.05) is 13.7 Å². The van der Waals surface area contributed by atoms with E-state index in [2.05, 4.69) is 4.90 Å². The van der Waals surface area contributed by atoms with Gasteiger partial charge < -0.3 is 19.0 Å². The molecule has 1 N–H and O–H groups in total. The summed E-state index contributed by atoms with van der Waals surface area (Å²) in [5, 5.41) is 10.4. The van der Waals surface area contributed by atoms with Crippen molar-refractivity contribution in [3.05, 3.63) is 57.9 Å². The summed E-state index contributed by atoms with van der Waals surface area (Å²) >= 11 is 0. The number of aromatic hydroxyl groups is 1. The van der Waals surface area contributed by atoms with Crippen LogP contribution in [-0.4, -0.2) is 29.7 Å². The Morgan fingerprint density at radius 3 is 2.41 bits per heavy atom. The van der Waals surface area contributed by atoms with E-state index in [-0.39, 0.29) is 64.6 Å². The van der Waals surface area contributed by atoms with Gasteiger partial charge in [-0.2, -0.15) is 13.2 Å². The van der Waals surface area contributed by atoms with E-state index in [4.69, 9.17) is 13.9 Å². The Hall–Kier alpha value is -2.47. The summed E-state index contributed by atoms with van der Waals surface area (Å²) in [5.74, 6) is -2.22. The Kier molecular flexibility index (Phi) is 8.02. The molecule has 6 nitrogen and oxygen atoms in total. The number of ether oxygens (including phenoxy) is 2. The van der Waals surface area contributed by atoms with Crippen molar-refractivity contribution in [1.29, 1.82) is 0 Å². The molecule has 0 amide bonds. The highest BCUT2D eigenvalue weighted by Crippen LogP contribution is 2.40. The average molecular weight is 591 g/mol. The minimum atomic E-state index is -4.99. The summed E-state index contributed by atoms with van der Waals surface area (Å²) in [7, 11) is 1.45. The molecule has 184 valence electrons. The summed E-state index contributed by atoms with van der Waals surface area (Å²) < 4.78 is 57.4. The van der Waals surface area contributed by atoms with Crippen LogP contribution in [0.1, 0.15) is 37.5 Å². The van der Waals surface area contributed by atoms with Gasteiger partial charge in [0.15, 0.2) is 0 Å². The summed E-state index contributed by atoms with van der Waals surface area (Å²) in [4.78, 5) is 15.2. The van der Waals surface area contributed by atoms with Crippen molar-refractivity contribution < 1.29 is 32.2 Å². The molecule has 10 heteroatoms. The minimum Gasteiger partial charge on any atom is -0.507 e. The fourth-order valence-corrected chi connectivity index (χ4v) is 4.08. The number of nitrogens with zero attached hydrogens (tertiary/aromatic N) is 1. The van der Waals surface area contributed by atoms with E-state index in [1.807, 2.05) is 6.92 Å². The highest BCUT2D eigenvalue weighted by molar-refractivity contribution is 14.0. The summed E-state index contributed by atoms with van der Waals surface area (Å²) in [6.07, 6.45) is -2.02. The molecule has 1 atom stereocenters. The average Bonchev–Trinajstić information content (AvgIpc) is 2.78. The maximum atomic E-state index is 13.9. The van der Waals surface area contributed by atoms with Gasteiger partial charge >= 0.3 is 6.18 Å². The number of alkyl halides is 3. The molecule has 0 aliphatic carbocycles. The Labute approximate surface area is 211 Å². The van der Waals surface area contributed by atoms with E-state index >= 15 is 0 Å². The van der Waals surface area contributed by atoms with Crippen LogP contribution in [0, 0.1) is 0 Å². The smallest absolute Gasteiger partial charge is 0.453 e. The lowest BCUT2D eigenvalue weighted by Gasteiger charge is -2.33. The number of benzene rings is 2. The molecule has 1 aromatic heterocycles. The first-order valence-electron chi connectivity index (χ1n) is 10.6. The number of hydrogen-bond acceptors (Lipinski definition) is 6. The van der Waals surface area contributed by atoms with Crippen molar-refractivity contribution >= 4 is 34.9 Å². The topological polar surface area (TPSA) is 72.1 Å². The molecular formula is C24H25F3INO5. The first-order valence-corrected chi connectivity index (χ1v) is 10.6. The van der Waals surface area contributed by atoms with E-state index in [0.717, 1.165) is 25.8 Å². The molecule has 0 bridgehead atoms. The number of rotatable bonds is 5. The standard InChI is InChI=1S/C24H24F3NO5.HI/c1-14-5-3-4-12-28(14)13-18-19(29)11-10-17-20(30)22(23(24(25,26)27)33-21(17)18)32-16-8-6-15(31-2)7-9-16;/h6-11,14,29H,3-5,12-13H2,1-2H3;1H. The van der Waals surface area contributed by atoms with Gasteiger partial charge in [0, 0.05) is 12.6 Å². The molecule has 2 aromatic carbocycles. The monoisotopic (exact) mass is 591 g/mol. The van der Waals surface area contributed by atoms with E-state index in [1.165, 1.54) is 43.5 Å². The number of phenols is 1. The Bertz CT molecular complexity index is 1210. The lowest BCUT2D eigenvalue weighted by molar-refractivity contribution is -0.154. The maximum Gasteiger partial charge on any atom is 0.453 e. The van der Waals surface area contributed by atoms with Gasteiger partial charge in [-0.1, -0.05) is 6.42 Å². The van der Waals surface area contributed by atoms with Gasteiger partial charge in [0.25, 0.3) is 5.76 Å². The number of piperidine rings is 1. The van der Waals surface area contributed by atoms with Gasteiger partial charge in [-0.3, -0.25) is 9.69 Å². The summed E-state index contributed by atoms with van der Waals surface area (Å²) in [5.41, 5.74) is -1.10. The fourth-order valence-electron chi connectivity index (χ4n) is 4.08. The molecule has 0 saturated carbocycles. The Balaban J connectivity index is 0.00000324. The van der Waals surface area contributed by atoms with Gasteiger partial charge in [-0.15, -0.1) is 24.0 Å². The van der Waals surface area contributed by atoms with Crippen LogP contribution in [0.4, 0.5) is 13.2 Å². The second-order valence-corrected chi connectivity index (χ2v) is 8.12. The number of methoxy groups -OCH3 is 1. The summed E-state index contributed by atoms with van der Waals surface area (Å²) in [6, 6.07) is 8.53. The normalized spacial score (nSPS) is 16.8. The second-order valence-electron chi connectivity index (χ2n) is 8.12. The van der Waals surface area contributed by atoms with E-state index in [9.17, 15) is 23.1 Å². The van der Waals surface area contributed by atoms with Crippen LogP contribution < -0.4 is 14.9 Å². The second kappa shape index (κ2) is 10.4. The van der Waals surface area contributed by atoms with Crippen molar-refractivity contribution in [2.45, 2.75) is 44.9 Å². The third-order valence-corrected chi connectivity index (χ3v) is 5.94. The Morgan fingerprint density at radius 1 is 1.12 bits per heavy atom. The van der Waals surface area contributed by atoms with E-state index < -0.39 is 23.1 Å². The third-order valence-electron chi connectivity index (χ3n) is 5.94. The maximum absolute atomic E-state index is 13.9. The van der Waals surface area contributed by atoms with Crippen molar-refractivity contribution in [1.82, 2.24) is 4.90 Å². The largest absolute Gasteiger partial charge is 0.507 e. The molecule has 1 unspecified atom stereocenters. The molecule has 1 fully saturated rings. The molecule has 2 heterocycles. The molecule has 3 aromatic rings. The predicted octanol–water partition coefficient (Wildman–Crippen LogP) is 6.31. The number of hydrogen-bond donors (Lipinski definition) is 1. The van der Waals surface area contributed by atoms with Crippen LogP contribution in [0.15, 0.2) is 45.6 Å². The molecule has 1 aliphatic heterocycles. The molecule has 1 aliphatic rings. The van der Waals surface area contributed by atoms with E-state index in [1.54, 1.807) is 0 Å². The van der Waals surface area contributed by atoms with Crippen LogP contribution in [0.5, 0.6) is 23.0 Å². The SMILES string of the molecule is COc1ccc(Oc2c(C(F)(F)F)oc3c(CN4CCCCC4C)c(O)ccc3c2=O)cc1.I. The van der Waals surface area contributed by atoms with Gasteiger partial charge in [-0.25, -0.2) is 0 Å². The van der Waals surface area contributed by atoms with Crippen molar-refractivity contribution in [3.63, 3.8) is 0 Å². The zero-order valence-corrected chi connectivity index (χ0v) is 21.0. The van der Waals surface area contributed by atoms with Crippen LogP contribution in [0.25, 0.3) is 11.0 Å². The number of likely N-dealkylation sites (tertiary alicyclic amines) is 1. The number of phenolic OH excluding ortho intramolecular Hbond substituents is 1. The van der Waals surface area contributed by atoms with Crippen molar-refractivity contribution in [2.24, 2.45) is 0 Å². The fraction of sp³-hybridized carbons (Fsp3) is 0.375. The van der Waals surface area contributed by atoms with Gasteiger partial charge in [0.1, 0.15) is 22.8 Å².